The van der Waals surface area contributed by atoms with E-state index in [2.05, 4.69) is 0 Å². The zero-order chi connectivity index (χ0) is 15.8. The first kappa shape index (κ1) is 16.9. The maximum absolute atomic E-state index is 13.9. The van der Waals surface area contributed by atoms with Crippen LogP contribution in [0.25, 0.3) is 0 Å². The molecule has 0 nitrogen and oxygen atoms in total. The van der Waals surface area contributed by atoms with Crippen molar-refractivity contribution in [2.75, 3.05) is 0 Å². The van der Waals surface area contributed by atoms with Gasteiger partial charge in [-0.1, -0.05) is 34.6 Å². The molecule has 1 aromatic rings. The highest BCUT2D eigenvalue weighted by atomic mass is 19.2. The molecular formula is C15H19F5. The van der Waals surface area contributed by atoms with Gasteiger partial charge in [0.2, 0.25) is 5.82 Å². The van der Waals surface area contributed by atoms with Crippen LogP contribution in [0.1, 0.15) is 52.5 Å². The van der Waals surface area contributed by atoms with E-state index in [-0.39, 0.29) is 11.3 Å². The van der Waals surface area contributed by atoms with Crippen LogP contribution >= 0.6 is 0 Å². The smallest absolute Gasteiger partial charge is 0.200 e. The van der Waals surface area contributed by atoms with Crippen LogP contribution in [-0.2, 0) is 0 Å². The number of rotatable bonds is 3. The lowest BCUT2D eigenvalue weighted by Gasteiger charge is -2.29. The van der Waals surface area contributed by atoms with Gasteiger partial charge in [0.25, 0.3) is 0 Å². The molecule has 0 amide bonds. The van der Waals surface area contributed by atoms with Crippen molar-refractivity contribution in [2.45, 2.75) is 47.0 Å². The average Bonchev–Trinajstić information content (AvgIpc) is 2.31. The van der Waals surface area contributed by atoms with Gasteiger partial charge in [-0.2, -0.15) is 0 Å². The Balaban J connectivity index is 3.49. The Morgan fingerprint density at radius 2 is 1.10 bits per heavy atom. The molecular weight excluding hydrogens is 275 g/mol. The number of hydrogen-bond acceptors (Lipinski definition) is 0. The SMILES string of the molecule is CC(C)C(CC(C)(C)C)c1c(F)c(F)c(F)c(F)c1F. The largest absolute Gasteiger partial charge is 0.203 e. The van der Waals surface area contributed by atoms with E-state index in [0.717, 1.165) is 0 Å². The van der Waals surface area contributed by atoms with Gasteiger partial charge in [0, 0.05) is 5.56 Å². The first-order valence-electron chi connectivity index (χ1n) is 6.48. The van der Waals surface area contributed by atoms with Gasteiger partial charge < -0.3 is 0 Å². The van der Waals surface area contributed by atoms with E-state index in [1.54, 1.807) is 13.8 Å². The fourth-order valence-corrected chi connectivity index (χ4v) is 2.28. The summed E-state index contributed by atoms with van der Waals surface area (Å²) in [4.78, 5) is 0. The van der Waals surface area contributed by atoms with Crippen LogP contribution in [0.5, 0.6) is 0 Å². The molecule has 1 atom stereocenters. The summed E-state index contributed by atoms with van der Waals surface area (Å²) < 4.78 is 67.4. The molecule has 0 N–H and O–H groups in total. The molecule has 0 aromatic heterocycles. The highest BCUT2D eigenvalue weighted by Gasteiger charge is 2.33. The van der Waals surface area contributed by atoms with Crippen molar-refractivity contribution < 1.29 is 22.0 Å². The Morgan fingerprint density at radius 1 is 0.750 bits per heavy atom. The summed E-state index contributed by atoms with van der Waals surface area (Å²) in [5.41, 5.74) is -0.999. The molecule has 20 heavy (non-hydrogen) atoms. The summed E-state index contributed by atoms with van der Waals surface area (Å²) in [6, 6.07) is 0. The third-order valence-corrected chi connectivity index (χ3v) is 3.25. The number of benzene rings is 1. The number of halogens is 5. The fourth-order valence-electron chi connectivity index (χ4n) is 2.28. The van der Waals surface area contributed by atoms with E-state index in [1.807, 2.05) is 20.8 Å². The lowest BCUT2D eigenvalue weighted by molar-refractivity contribution is 0.280. The van der Waals surface area contributed by atoms with Crippen molar-refractivity contribution in [1.29, 1.82) is 0 Å². The highest BCUT2D eigenvalue weighted by Crippen LogP contribution is 2.40. The van der Waals surface area contributed by atoms with E-state index in [1.165, 1.54) is 0 Å². The van der Waals surface area contributed by atoms with Crippen LogP contribution in [0.4, 0.5) is 22.0 Å². The lowest BCUT2D eigenvalue weighted by atomic mass is 9.76. The minimum atomic E-state index is -2.11. The minimum absolute atomic E-state index is 0.248. The van der Waals surface area contributed by atoms with Gasteiger partial charge in [-0.3, -0.25) is 0 Å². The lowest BCUT2D eigenvalue weighted by Crippen LogP contribution is -2.20. The molecule has 0 saturated carbocycles. The van der Waals surface area contributed by atoms with Crippen molar-refractivity contribution in [2.24, 2.45) is 11.3 Å². The van der Waals surface area contributed by atoms with Crippen LogP contribution in [0.15, 0.2) is 0 Å². The fraction of sp³-hybridized carbons (Fsp3) is 0.600. The van der Waals surface area contributed by atoms with Crippen LogP contribution in [0.3, 0.4) is 0 Å². The van der Waals surface area contributed by atoms with Crippen molar-refractivity contribution >= 4 is 0 Å². The second kappa shape index (κ2) is 5.70. The molecule has 1 rings (SSSR count). The monoisotopic (exact) mass is 294 g/mol. The second-order valence-electron chi connectivity index (χ2n) is 6.60. The van der Waals surface area contributed by atoms with Gasteiger partial charge in [0.05, 0.1) is 0 Å². The molecule has 0 heterocycles. The summed E-state index contributed by atoms with van der Waals surface area (Å²) in [5.74, 6) is -10.3. The number of hydrogen-bond donors (Lipinski definition) is 0. The van der Waals surface area contributed by atoms with E-state index in [0.29, 0.717) is 6.42 Å². The van der Waals surface area contributed by atoms with Crippen LogP contribution in [0.2, 0.25) is 0 Å². The van der Waals surface area contributed by atoms with Gasteiger partial charge in [-0.25, -0.2) is 22.0 Å². The van der Waals surface area contributed by atoms with Crippen LogP contribution < -0.4 is 0 Å². The Hall–Kier alpha value is -1.13. The minimum Gasteiger partial charge on any atom is -0.203 e. The molecule has 1 unspecified atom stereocenters. The molecule has 0 aliphatic rings. The molecule has 0 fully saturated rings. The first-order valence-corrected chi connectivity index (χ1v) is 6.48. The molecule has 0 spiro atoms. The van der Waals surface area contributed by atoms with E-state index < -0.39 is 40.6 Å². The molecule has 114 valence electrons. The van der Waals surface area contributed by atoms with Gasteiger partial charge in [0.1, 0.15) is 0 Å². The summed E-state index contributed by atoms with van der Waals surface area (Å²) in [6.45, 7) is 8.97. The highest BCUT2D eigenvalue weighted by molar-refractivity contribution is 5.28. The molecule has 0 bridgehead atoms. The van der Waals surface area contributed by atoms with Gasteiger partial charge in [-0.05, 0) is 23.7 Å². The molecule has 5 heteroatoms. The zero-order valence-electron chi connectivity index (χ0n) is 12.3. The summed E-state index contributed by atoms with van der Waals surface area (Å²) in [6.07, 6.45) is 0.322. The third kappa shape index (κ3) is 3.30. The van der Waals surface area contributed by atoms with E-state index >= 15 is 0 Å². The van der Waals surface area contributed by atoms with Gasteiger partial charge >= 0.3 is 0 Å². The third-order valence-electron chi connectivity index (χ3n) is 3.25. The van der Waals surface area contributed by atoms with Crippen molar-refractivity contribution in [3.8, 4) is 0 Å². The predicted molar refractivity (Wildman–Crippen MR) is 67.9 cm³/mol. The first-order chi connectivity index (χ1) is 8.97. The molecule has 0 radical (unpaired) electrons. The van der Waals surface area contributed by atoms with Gasteiger partial charge in [0.15, 0.2) is 23.3 Å². The van der Waals surface area contributed by atoms with E-state index in [4.69, 9.17) is 0 Å². The Bertz CT molecular complexity index is 471. The van der Waals surface area contributed by atoms with Crippen molar-refractivity contribution in [3.63, 3.8) is 0 Å². The van der Waals surface area contributed by atoms with Crippen molar-refractivity contribution in [1.82, 2.24) is 0 Å². The van der Waals surface area contributed by atoms with E-state index in [9.17, 15) is 22.0 Å². The Labute approximate surface area is 116 Å². The van der Waals surface area contributed by atoms with Crippen LogP contribution in [0, 0.1) is 40.4 Å². The Kier molecular flexibility index (Phi) is 4.82. The Morgan fingerprint density at radius 3 is 1.40 bits per heavy atom. The summed E-state index contributed by atoms with van der Waals surface area (Å²) >= 11 is 0. The molecule has 0 aliphatic carbocycles. The normalized spacial score (nSPS) is 13.9. The predicted octanol–water partition coefficient (Wildman–Crippen LogP) is 5.56. The standard InChI is InChI=1S/C15H19F5/c1-7(2)8(6-15(3,4)5)9-10(16)12(18)14(20)13(19)11(9)17/h7-8H,6H2,1-5H3. The maximum Gasteiger partial charge on any atom is 0.200 e. The van der Waals surface area contributed by atoms with Gasteiger partial charge in [-0.15, -0.1) is 0 Å². The maximum atomic E-state index is 13.9. The second-order valence-corrected chi connectivity index (χ2v) is 6.60. The quantitative estimate of drug-likeness (QED) is 0.389. The molecule has 0 aliphatic heterocycles. The summed E-state index contributed by atoms with van der Waals surface area (Å²) in [5, 5.41) is 0. The zero-order valence-corrected chi connectivity index (χ0v) is 12.3. The molecule has 0 saturated heterocycles. The van der Waals surface area contributed by atoms with Crippen LogP contribution in [-0.4, -0.2) is 0 Å². The van der Waals surface area contributed by atoms with Crippen molar-refractivity contribution in [3.05, 3.63) is 34.6 Å². The average molecular weight is 294 g/mol. The molecule has 1 aromatic carbocycles. The topological polar surface area (TPSA) is 0 Å². The summed E-state index contributed by atoms with van der Waals surface area (Å²) in [7, 11) is 0.